The number of nitrogen functional groups attached to an aromatic ring is 1. The molecule has 0 amide bonds. The molecule has 0 spiro atoms. The van der Waals surface area contributed by atoms with Crippen LogP contribution in [0.4, 0.5) is 5.88 Å². The third-order valence-electron chi connectivity index (χ3n) is 2.46. The zero-order chi connectivity index (χ0) is 12.4. The van der Waals surface area contributed by atoms with Gasteiger partial charge in [-0.25, -0.2) is 4.68 Å². The van der Waals surface area contributed by atoms with E-state index in [-0.39, 0.29) is 38.1 Å². The lowest BCUT2D eigenvalue weighted by molar-refractivity contribution is 0.261. The molecule has 0 bridgehead atoms. The molecule has 2 aromatic rings. The summed E-state index contributed by atoms with van der Waals surface area (Å²) in [5, 5.41) is 29.3. The highest BCUT2D eigenvalue weighted by atomic mass is 16.4. The number of hydrogen-bond acceptors (Lipinski definition) is 6. The Morgan fingerprint density at radius 1 is 1.24 bits per heavy atom. The van der Waals surface area contributed by atoms with Gasteiger partial charge in [0.1, 0.15) is 5.52 Å². The van der Waals surface area contributed by atoms with Gasteiger partial charge in [0.25, 0.3) is 0 Å². The summed E-state index contributed by atoms with van der Waals surface area (Å²) < 4.78 is 6.64. The van der Waals surface area contributed by atoms with Crippen molar-refractivity contribution in [2.24, 2.45) is 0 Å². The van der Waals surface area contributed by atoms with Gasteiger partial charge >= 0.3 is 0 Å². The van der Waals surface area contributed by atoms with Crippen molar-refractivity contribution in [2.75, 3.05) is 37.0 Å². The second-order valence-corrected chi connectivity index (χ2v) is 3.61. The molecule has 0 atom stereocenters. The predicted octanol–water partition coefficient (Wildman–Crippen LogP) is -0.555. The summed E-state index contributed by atoms with van der Waals surface area (Å²) >= 11 is 0. The van der Waals surface area contributed by atoms with Gasteiger partial charge in [-0.2, -0.15) is 0 Å². The van der Waals surface area contributed by atoms with Gasteiger partial charge in [0, 0.05) is 12.1 Å². The second kappa shape index (κ2) is 4.56. The Labute approximate surface area is 97.2 Å². The van der Waals surface area contributed by atoms with Crippen LogP contribution in [0.25, 0.3) is 11.1 Å². The summed E-state index contributed by atoms with van der Waals surface area (Å²) in [6, 6.07) is 3.02. The van der Waals surface area contributed by atoms with E-state index < -0.39 is 0 Å². The van der Waals surface area contributed by atoms with Gasteiger partial charge in [-0.1, -0.05) is 0 Å². The molecule has 0 aliphatic carbocycles. The van der Waals surface area contributed by atoms with Crippen molar-refractivity contribution in [3.05, 3.63) is 12.1 Å². The number of furan rings is 1. The van der Waals surface area contributed by atoms with Crippen LogP contribution in [-0.2, 0) is 0 Å². The van der Waals surface area contributed by atoms with E-state index in [0.29, 0.717) is 11.1 Å². The van der Waals surface area contributed by atoms with Crippen molar-refractivity contribution in [3.63, 3.8) is 0 Å². The molecule has 0 saturated heterocycles. The summed E-state index contributed by atoms with van der Waals surface area (Å²) in [4.78, 5) is 0. The first-order chi connectivity index (χ1) is 8.17. The Bertz CT molecular complexity index is 499. The fourth-order valence-electron chi connectivity index (χ4n) is 1.83. The maximum absolute atomic E-state index is 9.80. The fraction of sp³-hybridized carbons (Fsp3) is 0.400. The van der Waals surface area contributed by atoms with Crippen LogP contribution in [0.3, 0.4) is 0 Å². The van der Waals surface area contributed by atoms with Crippen LogP contribution in [0.1, 0.15) is 0 Å². The Kier molecular flexibility index (Phi) is 3.12. The quantitative estimate of drug-likeness (QED) is 0.559. The van der Waals surface area contributed by atoms with Gasteiger partial charge in [0.05, 0.1) is 26.3 Å². The lowest BCUT2D eigenvalue weighted by atomic mass is 10.5. The minimum Gasteiger partial charge on any atom is -0.493 e. The third-order valence-corrected chi connectivity index (χ3v) is 2.46. The lowest BCUT2D eigenvalue weighted by Crippen LogP contribution is -2.38. The summed E-state index contributed by atoms with van der Waals surface area (Å²) in [5.74, 6) is 0.220. The van der Waals surface area contributed by atoms with Crippen molar-refractivity contribution in [2.45, 2.75) is 0 Å². The first kappa shape index (κ1) is 11.6. The Morgan fingerprint density at radius 2 is 1.88 bits per heavy atom. The van der Waals surface area contributed by atoms with Gasteiger partial charge in [-0.3, -0.25) is 0 Å². The van der Waals surface area contributed by atoms with E-state index >= 15 is 0 Å². The number of aromatic nitrogens is 1. The van der Waals surface area contributed by atoms with E-state index in [0.717, 1.165) is 0 Å². The third kappa shape index (κ3) is 2.02. The van der Waals surface area contributed by atoms with Crippen LogP contribution in [0.2, 0.25) is 0 Å². The molecule has 7 heteroatoms. The number of fused-ring (bicyclic) bond motifs is 1. The number of hydrogen-bond donors (Lipinski definition) is 4. The van der Waals surface area contributed by atoms with E-state index in [9.17, 15) is 5.11 Å². The van der Waals surface area contributed by atoms with Crippen molar-refractivity contribution in [1.29, 1.82) is 0 Å². The highest BCUT2D eigenvalue weighted by Gasteiger charge is 2.17. The van der Waals surface area contributed by atoms with Crippen molar-refractivity contribution in [1.82, 2.24) is 4.68 Å². The lowest BCUT2D eigenvalue weighted by Gasteiger charge is -2.25. The topological polar surface area (TPSA) is 108 Å². The van der Waals surface area contributed by atoms with Gasteiger partial charge in [-0.05, 0) is 0 Å². The Balaban J connectivity index is 2.45. The molecular weight excluding hydrogens is 226 g/mol. The van der Waals surface area contributed by atoms with E-state index in [4.69, 9.17) is 20.4 Å². The molecule has 5 N–H and O–H groups in total. The van der Waals surface area contributed by atoms with Crippen molar-refractivity contribution < 1.29 is 19.7 Å². The van der Waals surface area contributed by atoms with Gasteiger partial charge < -0.3 is 30.5 Å². The molecule has 0 aromatic carbocycles. The zero-order valence-corrected chi connectivity index (χ0v) is 9.20. The molecule has 2 heterocycles. The molecule has 17 heavy (non-hydrogen) atoms. The highest BCUT2D eigenvalue weighted by Crippen LogP contribution is 2.28. The summed E-state index contributed by atoms with van der Waals surface area (Å²) in [6.45, 7) is 0.380. The largest absolute Gasteiger partial charge is 0.493 e. The number of anilines is 1. The standard InChI is InChI=1S/C10H15N3O4/c11-9-5-7-8(17-9)6-10(16)13(7)12(1-3-14)2-4-15/h5-6,14-16H,1-4,11H2. The number of aromatic hydroxyl groups is 1. The van der Waals surface area contributed by atoms with Crippen LogP contribution in [-0.4, -0.2) is 46.3 Å². The number of rotatable bonds is 5. The van der Waals surface area contributed by atoms with Crippen LogP contribution < -0.4 is 10.7 Å². The first-order valence-corrected chi connectivity index (χ1v) is 5.24. The molecule has 0 aliphatic rings. The van der Waals surface area contributed by atoms with Crippen molar-refractivity contribution in [3.8, 4) is 5.88 Å². The molecule has 7 nitrogen and oxygen atoms in total. The van der Waals surface area contributed by atoms with Gasteiger partial charge in [-0.15, -0.1) is 0 Å². The van der Waals surface area contributed by atoms with Crippen LogP contribution in [0.15, 0.2) is 16.5 Å². The zero-order valence-electron chi connectivity index (χ0n) is 9.20. The molecular formula is C10H15N3O4. The molecule has 0 aliphatic heterocycles. The highest BCUT2D eigenvalue weighted by molar-refractivity contribution is 5.80. The molecule has 94 valence electrons. The van der Waals surface area contributed by atoms with E-state index in [1.54, 1.807) is 11.1 Å². The van der Waals surface area contributed by atoms with Crippen LogP contribution in [0, 0.1) is 0 Å². The van der Waals surface area contributed by atoms with E-state index in [1.165, 1.54) is 10.7 Å². The fourth-order valence-corrected chi connectivity index (χ4v) is 1.83. The number of nitrogens with two attached hydrogens (primary N) is 1. The van der Waals surface area contributed by atoms with Crippen LogP contribution >= 0.6 is 0 Å². The summed E-state index contributed by atoms with van der Waals surface area (Å²) in [7, 11) is 0. The number of aliphatic hydroxyl groups is 2. The van der Waals surface area contributed by atoms with E-state index in [2.05, 4.69) is 0 Å². The Hall–Kier alpha value is -1.86. The van der Waals surface area contributed by atoms with Crippen molar-refractivity contribution >= 4 is 17.0 Å². The second-order valence-electron chi connectivity index (χ2n) is 3.61. The smallest absolute Gasteiger partial charge is 0.214 e. The molecule has 2 rings (SSSR count). The first-order valence-electron chi connectivity index (χ1n) is 5.24. The molecule has 0 fully saturated rings. The van der Waals surface area contributed by atoms with Gasteiger partial charge in [0.15, 0.2) is 11.5 Å². The monoisotopic (exact) mass is 241 g/mol. The van der Waals surface area contributed by atoms with Crippen LogP contribution in [0.5, 0.6) is 5.88 Å². The number of nitrogens with zero attached hydrogens (tertiary/aromatic N) is 2. The summed E-state index contributed by atoms with van der Waals surface area (Å²) in [6.07, 6.45) is 0. The maximum Gasteiger partial charge on any atom is 0.214 e. The average Bonchev–Trinajstić information content (AvgIpc) is 2.72. The summed E-state index contributed by atoms with van der Waals surface area (Å²) in [5.41, 5.74) is 6.58. The normalized spacial score (nSPS) is 11.2. The minimum absolute atomic E-state index is 0.0272. The molecule has 0 radical (unpaired) electrons. The SMILES string of the molecule is Nc1cc2c(cc(O)n2N(CCO)CCO)o1. The predicted molar refractivity (Wildman–Crippen MR) is 62.4 cm³/mol. The molecule has 0 saturated carbocycles. The Morgan fingerprint density at radius 3 is 2.47 bits per heavy atom. The molecule has 2 aromatic heterocycles. The van der Waals surface area contributed by atoms with E-state index in [1.807, 2.05) is 0 Å². The minimum atomic E-state index is -0.0908. The molecule has 0 unspecified atom stereocenters. The maximum atomic E-state index is 9.80. The average molecular weight is 241 g/mol. The number of aliphatic hydroxyl groups excluding tert-OH is 2. The van der Waals surface area contributed by atoms with Gasteiger partial charge in [0.2, 0.25) is 5.88 Å².